The third-order valence-corrected chi connectivity index (χ3v) is 10.0. The van der Waals surface area contributed by atoms with E-state index >= 15 is 0 Å². The molecule has 0 saturated carbocycles. The highest BCUT2D eigenvalue weighted by Gasteiger charge is 2.31. The van der Waals surface area contributed by atoms with E-state index in [1.807, 2.05) is 27.7 Å². The second-order valence-electron chi connectivity index (χ2n) is 13.5. The first-order valence-electron chi connectivity index (χ1n) is 17.0. The third-order valence-electron chi connectivity index (χ3n) is 7.12. The summed E-state index contributed by atoms with van der Waals surface area (Å²) in [4.78, 5) is 76.0. The molecule has 0 amide bonds. The lowest BCUT2D eigenvalue weighted by molar-refractivity contribution is -0.105. The van der Waals surface area contributed by atoms with Crippen molar-refractivity contribution in [1.29, 1.82) is 0 Å². The predicted molar refractivity (Wildman–Crippen MR) is 194 cm³/mol. The molecule has 0 rings (SSSR count). The Balaban J connectivity index is 4.30. The highest BCUT2D eigenvalue weighted by molar-refractivity contribution is 7.53. The lowest BCUT2D eigenvalue weighted by Gasteiger charge is -2.30. The minimum absolute atomic E-state index is 0.0315. The Morgan fingerprint density at radius 1 is 0.358 bits per heavy atom. The van der Waals surface area contributed by atoms with Gasteiger partial charge in [-0.3, -0.25) is 28.1 Å². The van der Waals surface area contributed by atoms with Gasteiger partial charge in [0.25, 0.3) is 0 Å². The molecular weight excluding hydrogens is 792 g/mol. The summed E-state index contributed by atoms with van der Waals surface area (Å²) in [5.74, 6) is 0. The van der Waals surface area contributed by atoms with Crippen LogP contribution in [0.5, 0.6) is 0 Å². The van der Waals surface area contributed by atoms with Gasteiger partial charge in [0, 0.05) is 12.1 Å². The molecule has 25 heteroatoms. The zero-order chi connectivity index (χ0) is 41.2. The largest absolute Gasteiger partial charge is 0.377 e. The lowest BCUT2D eigenvalue weighted by Crippen LogP contribution is -2.39. The van der Waals surface area contributed by atoms with Crippen molar-refractivity contribution in [2.45, 2.75) is 104 Å². The summed E-state index contributed by atoms with van der Waals surface area (Å²) in [6, 6.07) is -1.36. The summed E-state index contributed by atoms with van der Waals surface area (Å²) in [6.45, 7) is 15.3. The second kappa shape index (κ2) is 25.6. The fourth-order valence-electron chi connectivity index (χ4n) is 4.30. The number of rotatable bonds is 32. The first-order chi connectivity index (χ1) is 24.0. The van der Waals surface area contributed by atoms with Crippen molar-refractivity contribution >= 4 is 30.4 Å². The SMILES string of the molecule is CC(COCC(C)N(CP(=O)(O)O)CP(=O)(O)O)OCC(C)OCC(C)OCC(C)OCC(C)OCC(C)OCC(C)N(CP(=O)(O)O)CP(=O)(O)O. The normalized spacial score (nSPS) is 18.2. The van der Waals surface area contributed by atoms with E-state index in [0.29, 0.717) is 13.2 Å². The minimum atomic E-state index is -4.55. The molecule has 8 unspecified atom stereocenters. The fourth-order valence-corrected chi connectivity index (χ4v) is 8.02. The summed E-state index contributed by atoms with van der Waals surface area (Å²) in [5, 5.41) is 0. The maximum Gasteiger partial charge on any atom is 0.339 e. The standard InChI is InChI=1S/C28H64N2O19P4/c1-21(29(17-50(31,32)33)18-51(34,35)36)9-43-11-23(3)45-13-25(5)47-15-27(7)49-16-28(8)48-14-26(6)46-12-24(4)44-10-22(2)30(19-52(37,38)39)20-53(40,41)42/h21-28H,9-20H2,1-8H3,(H2,31,32,33)(H2,34,35,36)(H2,37,38,39)(H2,40,41,42). The van der Waals surface area contributed by atoms with Crippen LogP contribution in [0.3, 0.4) is 0 Å². The van der Waals surface area contributed by atoms with Crippen molar-refractivity contribution in [3.63, 3.8) is 0 Å². The maximum absolute atomic E-state index is 11.4. The monoisotopic (exact) mass is 856 g/mol. The van der Waals surface area contributed by atoms with Gasteiger partial charge in [0.1, 0.15) is 25.1 Å². The highest BCUT2D eigenvalue weighted by atomic mass is 31.2. The van der Waals surface area contributed by atoms with E-state index in [0.717, 1.165) is 9.80 Å². The molecule has 8 N–H and O–H groups in total. The molecule has 0 aliphatic rings. The molecule has 320 valence electrons. The quantitative estimate of drug-likeness (QED) is 0.0443. The van der Waals surface area contributed by atoms with E-state index in [2.05, 4.69) is 0 Å². The van der Waals surface area contributed by atoms with Crippen molar-refractivity contribution in [2.75, 3.05) is 78.0 Å². The molecule has 0 aromatic rings. The van der Waals surface area contributed by atoms with Crippen LogP contribution in [0.2, 0.25) is 0 Å². The van der Waals surface area contributed by atoms with Crippen LogP contribution in [-0.4, -0.2) is 176 Å². The highest BCUT2D eigenvalue weighted by Crippen LogP contribution is 2.42. The molecule has 0 heterocycles. The molecule has 0 aromatic heterocycles. The van der Waals surface area contributed by atoms with Gasteiger partial charge in [-0.1, -0.05) is 0 Å². The van der Waals surface area contributed by atoms with Crippen molar-refractivity contribution in [3.8, 4) is 0 Å². The Kier molecular flexibility index (Phi) is 25.7. The summed E-state index contributed by atoms with van der Waals surface area (Å²) in [6.07, 6.45) is -5.09. The van der Waals surface area contributed by atoms with E-state index in [1.54, 1.807) is 27.7 Å². The van der Waals surface area contributed by atoms with Crippen molar-refractivity contribution in [3.05, 3.63) is 0 Å². The summed E-state index contributed by atoms with van der Waals surface area (Å²) < 4.78 is 85.7. The number of ether oxygens (including phenoxy) is 7. The van der Waals surface area contributed by atoms with Gasteiger partial charge in [0.2, 0.25) is 0 Å². The molecule has 8 atom stereocenters. The van der Waals surface area contributed by atoms with Crippen LogP contribution in [0.1, 0.15) is 55.4 Å². The smallest absolute Gasteiger partial charge is 0.339 e. The van der Waals surface area contributed by atoms with Crippen LogP contribution in [0.4, 0.5) is 0 Å². The van der Waals surface area contributed by atoms with Gasteiger partial charge in [-0.2, -0.15) is 0 Å². The van der Waals surface area contributed by atoms with Crippen LogP contribution in [0.15, 0.2) is 0 Å². The molecule has 0 saturated heterocycles. The molecule has 0 spiro atoms. The molecule has 0 fully saturated rings. The molecule has 0 aliphatic heterocycles. The topological polar surface area (TPSA) is 301 Å². The van der Waals surface area contributed by atoms with Crippen molar-refractivity contribution in [2.24, 2.45) is 0 Å². The van der Waals surface area contributed by atoms with Crippen LogP contribution in [0, 0.1) is 0 Å². The number of nitrogens with zero attached hydrogens (tertiary/aromatic N) is 2. The fraction of sp³-hybridized carbons (Fsp3) is 1.00. The number of hydrogen-bond donors (Lipinski definition) is 8. The Labute approximate surface area is 312 Å². The molecule has 0 aliphatic carbocycles. The number of hydrogen-bond acceptors (Lipinski definition) is 13. The summed E-state index contributed by atoms with van der Waals surface area (Å²) in [7, 11) is -18.2. The Hall–Kier alpha value is 0.240. The van der Waals surface area contributed by atoms with Crippen LogP contribution >= 0.6 is 30.4 Å². The van der Waals surface area contributed by atoms with E-state index in [9.17, 15) is 57.4 Å². The van der Waals surface area contributed by atoms with Crippen molar-refractivity contribution in [1.82, 2.24) is 9.80 Å². The second-order valence-corrected chi connectivity index (χ2v) is 19.9. The predicted octanol–water partition coefficient (Wildman–Crippen LogP) is 1.36. The molecule has 53 heavy (non-hydrogen) atoms. The van der Waals surface area contributed by atoms with Gasteiger partial charge in [0.05, 0.1) is 89.5 Å². The molecule has 0 aromatic carbocycles. The van der Waals surface area contributed by atoms with Crippen molar-refractivity contribution < 1.29 is 90.6 Å². The van der Waals surface area contributed by atoms with E-state index in [1.165, 1.54) is 0 Å². The van der Waals surface area contributed by atoms with E-state index < -0.39 is 73.7 Å². The lowest BCUT2D eigenvalue weighted by atomic mass is 10.3. The van der Waals surface area contributed by atoms with Crippen LogP contribution in [0.25, 0.3) is 0 Å². The first kappa shape index (κ1) is 53.2. The Morgan fingerprint density at radius 3 is 0.811 bits per heavy atom. The zero-order valence-corrected chi connectivity index (χ0v) is 35.4. The van der Waals surface area contributed by atoms with Gasteiger partial charge in [0.15, 0.2) is 0 Å². The van der Waals surface area contributed by atoms with E-state index in [-0.39, 0.29) is 70.2 Å². The van der Waals surface area contributed by atoms with Gasteiger partial charge in [-0.25, -0.2) is 0 Å². The molecular formula is C28H64N2O19P4. The van der Waals surface area contributed by atoms with Crippen LogP contribution in [-0.2, 0) is 51.4 Å². The van der Waals surface area contributed by atoms with Gasteiger partial charge in [-0.15, -0.1) is 0 Å². The third kappa shape index (κ3) is 32.0. The molecule has 0 bridgehead atoms. The summed E-state index contributed by atoms with van der Waals surface area (Å²) >= 11 is 0. The Bertz CT molecular complexity index is 1130. The van der Waals surface area contributed by atoms with Crippen LogP contribution < -0.4 is 0 Å². The maximum atomic E-state index is 11.4. The minimum Gasteiger partial charge on any atom is -0.377 e. The summed E-state index contributed by atoms with van der Waals surface area (Å²) in [5.41, 5.74) is 0. The van der Waals surface area contributed by atoms with E-state index in [4.69, 9.17) is 33.2 Å². The van der Waals surface area contributed by atoms with Gasteiger partial charge in [-0.05, 0) is 55.4 Å². The average molecular weight is 857 g/mol. The zero-order valence-electron chi connectivity index (χ0n) is 31.9. The van der Waals surface area contributed by atoms with Gasteiger partial charge >= 0.3 is 30.4 Å². The molecule has 21 nitrogen and oxygen atoms in total. The average Bonchev–Trinajstić information content (AvgIpc) is 2.98. The first-order valence-corrected chi connectivity index (χ1v) is 24.2. The van der Waals surface area contributed by atoms with Gasteiger partial charge < -0.3 is 72.3 Å². The molecule has 0 radical (unpaired) electrons. The Morgan fingerprint density at radius 2 is 0.566 bits per heavy atom.